The van der Waals surface area contributed by atoms with Crippen LogP contribution < -0.4 is 10.0 Å². The second-order valence-corrected chi connectivity index (χ2v) is 8.43. The molecule has 8 heteroatoms. The Morgan fingerprint density at radius 1 is 1.12 bits per heavy atom. The molecule has 26 heavy (non-hydrogen) atoms. The van der Waals surface area contributed by atoms with E-state index in [1.54, 1.807) is 19.9 Å². The molecule has 0 bridgehead atoms. The maximum atomic E-state index is 12.4. The van der Waals surface area contributed by atoms with E-state index in [1.165, 1.54) is 13.1 Å². The van der Waals surface area contributed by atoms with E-state index in [0.717, 1.165) is 37.9 Å². The molecular weight excluding hydrogens is 354 g/mol. The molecule has 1 fully saturated rings. The van der Waals surface area contributed by atoms with Gasteiger partial charge in [-0.15, -0.1) is 0 Å². The first kappa shape index (κ1) is 20.4. The Bertz CT molecular complexity index is 784. The van der Waals surface area contributed by atoms with Crippen molar-refractivity contribution in [1.82, 2.24) is 14.9 Å². The lowest BCUT2D eigenvalue weighted by molar-refractivity contribution is -0.131. The third-order valence-corrected chi connectivity index (χ3v) is 6.31. The fraction of sp³-hybridized carbons (Fsp3) is 0.556. The monoisotopic (exact) mass is 381 g/mol. The molecule has 0 aliphatic carbocycles. The van der Waals surface area contributed by atoms with E-state index in [4.69, 9.17) is 0 Å². The van der Waals surface area contributed by atoms with Crippen molar-refractivity contribution in [2.75, 3.05) is 26.7 Å². The predicted molar refractivity (Wildman–Crippen MR) is 99.5 cm³/mol. The Morgan fingerprint density at radius 2 is 1.77 bits per heavy atom. The molecule has 0 saturated carbocycles. The van der Waals surface area contributed by atoms with Crippen LogP contribution in [-0.2, 0) is 14.8 Å². The highest BCUT2D eigenvalue weighted by atomic mass is 32.2. The lowest BCUT2D eigenvalue weighted by Gasteiger charge is -2.26. The van der Waals surface area contributed by atoms with Crippen molar-refractivity contribution in [3.63, 3.8) is 0 Å². The first-order chi connectivity index (χ1) is 12.3. The number of rotatable bonds is 6. The van der Waals surface area contributed by atoms with Crippen LogP contribution in [0.5, 0.6) is 0 Å². The third kappa shape index (κ3) is 4.82. The second-order valence-electron chi connectivity index (χ2n) is 6.57. The van der Waals surface area contributed by atoms with Crippen LogP contribution in [0.2, 0.25) is 0 Å². The van der Waals surface area contributed by atoms with E-state index < -0.39 is 10.0 Å². The summed E-state index contributed by atoms with van der Waals surface area (Å²) in [6.45, 7) is 5.28. The third-order valence-electron chi connectivity index (χ3n) is 4.77. The van der Waals surface area contributed by atoms with Crippen molar-refractivity contribution in [2.24, 2.45) is 0 Å². The number of benzene rings is 1. The number of likely N-dealkylation sites (tertiary alicyclic amines) is 1. The van der Waals surface area contributed by atoms with E-state index in [0.29, 0.717) is 5.56 Å². The van der Waals surface area contributed by atoms with Crippen LogP contribution in [0.4, 0.5) is 0 Å². The fourth-order valence-electron chi connectivity index (χ4n) is 3.03. The topological polar surface area (TPSA) is 95.6 Å². The van der Waals surface area contributed by atoms with Gasteiger partial charge in [0.05, 0.1) is 4.90 Å². The number of nitrogens with one attached hydrogen (secondary N) is 2. The first-order valence-corrected chi connectivity index (χ1v) is 10.4. The summed E-state index contributed by atoms with van der Waals surface area (Å²) in [6, 6.07) is 3.03. The summed E-state index contributed by atoms with van der Waals surface area (Å²) in [6.07, 6.45) is 3.47. The van der Waals surface area contributed by atoms with Gasteiger partial charge in [0, 0.05) is 31.6 Å². The zero-order valence-corrected chi connectivity index (χ0v) is 16.4. The van der Waals surface area contributed by atoms with E-state index >= 15 is 0 Å². The molecule has 1 aliphatic rings. The Kier molecular flexibility index (Phi) is 6.77. The Hall–Kier alpha value is -1.93. The molecule has 0 spiro atoms. The number of nitrogens with zero attached hydrogens (tertiary/aromatic N) is 1. The number of amides is 2. The number of piperidine rings is 1. The zero-order valence-electron chi connectivity index (χ0n) is 15.6. The molecule has 1 heterocycles. The maximum absolute atomic E-state index is 12.4. The van der Waals surface area contributed by atoms with Gasteiger partial charge in [-0.3, -0.25) is 9.59 Å². The van der Waals surface area contributed by atoms with Gasteiger partial charge in [0.2, 0.25) is 15.9 Å². The summed E-state index contributed by atoms with van der Waals surface area (Å²) in [5, 5.41) is 2.71. The summed E-state index contributed by atoms with van der Waals surface area (Å²) < 4.78 is 26.5. The van der Waals surface area contributed by atoms with Crippen LogP contribution >= 0.6 is 0 Å². The molecule has 1 aliphatic heterocycles. The number of sulfonamides is 1. The largest absolute Gasteiger partial charge is 0.352 e. The minimum absolute atomic E-state index is 0.0449. The maximum Gasteiger partial charge on any atom is 0.251 e. The smallest absolute Gasteiger partial charge is 0.251 e. The van der Waals surface area contributed by atoms with Crippen LogP contribution in [0.3, 0.4) is 0 Å². The van der Waals surface area contributed by atoms with E-state index in [9.17, 15) is 18.0 Å². The Labute approximate surface area is 155 Å². The van der Waals surface area contributed by atoms with Gasteiger partial charge in [-0.1, -0.05) is 0 Å². The molecule has 1 saturated heterocycles. The zero-order chi connectivity index (χ0) is 19.3. The van der Waals surface area contributed by atoms with Gasteiger partial charge >= 0.3 is 0 Å². The van der Waals surface area contributed by atoms with Crippen molar-refractivity contribution in [3.05, 3.63) is 28.8 Å². The minimum atomic E-state index is -3.65. The van der Waals surface area contributed by atoms with Gasteiger partial charge in [0.25, 0.3) is 5.91 Å². The standard InChI is InChI=1S/C18H27N3O4S/c1-13-11-15(12-16(14(13)2)26(24,25)19-3)18(23)20-8-7-17(22)21-9-5-4-6-10-21/h11-12,19H,4-10H2,1-3H3,(H,20,23). The normalized spacial score (nSPS) is 15.0. The molecule has 0 atom stereocenters. The van der Waals surface area contributed by atoms with Crippen LogP contribution in [0.25, 0.3) is 0 Å². The summed E-state index contributed by atoms with van der Waals surface area (Å²) in [5.41, 5.74) is 1.60. The van der Waals surface area contributed by atoms with Crippen LogP contribution in [0, 0.1) is 13.8 Å². The van der Waals surface area contributed by atoms with Gasteiger partial charge < -0.3 is 10.2 Å². The van der Waals surface area contributed by atoms with E-state index in [-0.39, 0.29) is 35.2 Å². The lowest BCUT2D eigenvalue weighted by atomic mass is 10.1. The SMILES string of the molecule is CNS(=O)(=O)c1cc(C(=O)NCCC(=O)N2CCCCC2)cc(C)c1C. The Balaban J connectivity index is 2.02. The average molecular weight is 381 g/mol. The van der Waals surface area contributed by atoms with Crippen LogP contribution in [0.15, 0.2) is 17.0 Å². The molecular formula is C18H27N3O4S. The van der Waals surface area contributed by atoms with E-state index in [2.05, 4.69) is 10.0 Å². The molecule has 144 valence electrons. The van der Waals surface area contributed by atoms with Gasteiger partial charge in [0.15, 0.2) is 0 Å². The number of aryl methyl sites for hydroxylation is 1. The number of carbonyl (C=O) groups excluding carboxylic acids is 2. The molecule has 0 radical (unpaired) electrons. The lowest BCUT2D eigenvalue weighted by Crippen LogP contribution is -2.37. The molecule has 1 aromatic rings. The van der Waals surface area contributed by atoms with Crippen molar-refractivity contribution in [1.29, 1.82) is 0 Å². The molecule has 0 aromatic heterocycles. The van der Waals surface area contributed by atoms with Gasteiger partial charge in [-0.25, -0.2) is 13.1 Å². The highest BCUT2D eigenvalue weighted by Gasteiger charge is 2.20. The number of hydrogen-bond acceptors (Lipinski definition) is 4. The molecule has 1 aromatic carbocycles. The van der Waals surface area contributed by atoms with Gasteiger partial charge in [0.1, 0.15) is 0 Å². The molecule has 2 N–H and O–H groups in total. The first-order valence-electron chi connectivity index (χ1n) is 8.87. The van der Waals surface area contributed by atoms with Crippen molar-refractivity contribution in [3.8, 4) is 0 Å². The van der Waals surface area contributed by atoms with Crippen LogP contribution in [-0.4, -0.2) is 51.8 Å². The molecule has 7 nitrogen and oxygen atoms in total. The molecule has 2 rings (SSSR count). The predicted octanol–water partition coefficient (Wildman–Crippen LogP) is 1.34. The summed E-state index contributed by atoms with van der Waals surface area (Å²) >= 11 is 0. The quantitative estimate of drug-likeness (QED) is 0.777. The number of carbonyl (C=O) groups is 2. The van der Waals surface area contributed by atoms with Crippen LogP contribution in [0.1, 0.15) is 47.2 Å². The Morgan fingerprint density at radius 3 is 2.38 bits per heavy atom. The second kappa shape index (κ2) is 8.64. The highest BCUT2D eigenvalue weighted by molar-refractivity contribution is 7.89. The van der Waals surface area contributed by atoms with Gasteiger partial charge in [-0.05, 0) is 63.4 Å². The average Bonchev–Trinajstić information content (AvgIpc) is 2.64. The minimum Gasteiger partial charge on any atom is -0.352 e. The summed E-state index contributed by atoms with van der Waals surface area (Å²) in [7, 11) is -2.31. The summed E-state index contributed by atoms with van der Waals surface area (Å²) in [4.78, 5) is 26.4. The highest BCUT2D eigenvalue weighted by Crippen LogP contribution is 2.21. The molecule has 2 amide bonds. The van der Waals surface area contributed by atoms with Gasteiger partial charge in [-0.2, -0.15) is 0 Å². The van der Waals surface area contributed by atoms with Crippen molar-refractivity contribution in [2.45, 2.75) is 44.4 Å². The number of hydrogen-bond donors (Lipinski definition) is 2. The van der Waals surface area contributed by atoms with Crippen molar-refractivity contribution >= 4 is 21.8 Å². The fourth-order valence-corrected chi connectivity index (χ4v) is 4.10. The van der Waals surface area contributed by atoms with E-state index in [1.807, 2.05) is 4.90 Å². The summed E-state index contributed by atoms with van der Waals surface area (Å²) in [5.74, 6) is -0.337. The van der Waals surface area contributed by atoms with Crippen molar-refractivity contribution < 1.29 is 18.0 Å². The molecule has 0 unspecified atom stereocenters.